The second kappa shape index (κ2) is 5.33. The zero-order valence-electron chi connectivity index (χ0n) is 11.1. The highest BCUT2D eigenvalue weighted by molar-refractivity contribution is 9.10. The number of aryl methyl sites for hydroxylation is 1. The third kappa shape index (κ3) is 2.52. The van der Waals surface area contributed by atoms with Crippen LogP contribution in [0.3, 0.4) is 0 Å². The molecule has 2 N–H and O–H groups in total. The van der Waals surface area contributed by atoms with Gasteiger partial charge < -0.3 is 10.2 Å². The standard InChI is InChI=1S/C15H12BrClN2O2/c1-19-12-5-3-9(7-13(12)21-15(19)20)14(18)8-2-4-11(17)10(16)6-8/h2-7,14H,18H2,1H3. The van der Waals surface area contributed by atoms with E-state index < -0.39 is 0 Å². The molecule has 1 atom stereocenters. The van der Waals surface area contributed by atoms with E-state index in [1.165, 1.54) is 4.57 Å². The molecule has 0 saturated carbocycles. The van der Waals surface area contributed by atoms with Crippen LogP contribution in [0.15, 0.2) is 50.1 Å². The van der Waals surface area contributed by atoms with E-state index in [9.17, 15) is 4.79 Å². The minimum atomic E-state index is -0.384. The summed E-state index contributed by atoms with van der Waals surface area (Å²) in [4.78, 5) is 11.5. The molecule has 4 nitrogen and oxygen atoms in total. The zero-order valence-corrected chi connectivity index (χ0v) is 13.5. The first-order chi connectivity index (χ1) is 9.97. The SMILES string of the molecule is Cn1c(=O)oc2cc(C(N)c3ccc(Cl)c(Br)c3)ccc21. The van der Waals surface area contributed by atoms with Crippen molar-refractivity contribution in [2.75, 3.05) is 0 Å². The van der Waals surface area contributed by atoms with Gasteiger partial charge in [-0.3, -0.25) is 4.57 Å². The molecule has 3 aromatic rings. The molecule has 6 heteroatoms. The monoisotopic (exact) mass is 366 g/mol. The van der Waals surface area contributed by atoms with Crippen molar-refractivity contribution in [2.45, 2.75) is 6.04 Å². The number of hydrogen-bond acceptors (Lipinski definition) is 3. The van der Waals surface area contributed by atoms with E-state index in [2.05, 4.69) is 15.9 Å². The molecule has 0 aliphatic carbocycles. The fourth-order valence-electron chi connectivity index (χ4n) is 2.24. The molecular formula is C15H12BrClN2O2. The molecule has 0 amide bonds. The van der Waals surface area contributed by atoms with Crippen LogP contribution >= 0.6 is 27.5 Å². The van der Waals surface area contributed by atoms with E-state index in [1.807, 2.05) is 24.3 Å². The number of nitrogens with zero attached hydrogens (tertiary/aromatic N) is 1. The number of hydrogen-bond donors (Lipinski definition) is 1. The van der Waals surface area contributed by atoms with Crippen molar-refractivity contribution in [3.05, 3.63) is 67.6 Å². The number of nitrogens with two attached hydrogens (primary N) is 1. The first-order valence-electron chi connectivity index (χ1n) is 6.27. The molecule has 0 spiro atoms. The van der Waals surface area contributed by atoms with Crippen molar-refractivity contribution in [3.63, 3.8) is 0 Å². The topological polar surface area (TPSA) is 61.2 Å². The molecule has 0 aliphatic heterocycles. The van der Waals surface area contributed by atoms with Crippen LogP contribution in [0, 0.1) is 0 Å². The Morgan fingerprint density at radius 3 is 2.62 bits per heavy atom. The first-order valence-corrected chi connectivity index (χ1v) is 7.44. The summed E-state index contributed by atoms with van der Waals surface area (Å²) in [6, 6.07) is 10.8. The van der Waals surface area contributed by atoms with Crippen LogP contribution in [0.5, 0.6) is 0 Å². The number of halogens is 2. The van der Waals surface area contributed by atoms with Gasteiger partial charge in [0.15, 0.2) is 5.58 Å². The smallest absolute Gasteiger partial charge is 0.408 e. The molecule has 108 valence electrons. The van der Waals surface area contributed by atoms with Gasteiger partial charge in [0.05, 0.1) is 16.6 Å². The summed E-state index contributed by atoms with van der Waals surface area (Å²) in [5, 5.41) is 0.635. The van der Waals surface area contributed by atoms with Crippen molar-refractivity contribution in [1.82, 2.24) is 4.57 Å². The summed E-state index contributed by atoms with van der Waals surface area (Å²) >= 11 is 9.38. The third-order valence-electron chi connectivity index (χ3n) is 3.48. The molecule has 1 unspecified atom stereocenters. The fraction of sp³-hybridized carbons (Fsp3) is 0.133. The van der Waals surface area contributed by atoms with Crippen molar-refractivity contribution in [3.8, 4) is 0 Å². The lowest BCUT2D eigenvalue weighted by atomic mass is 9.99. The largest absolute Gasteiger partial charge is 0.419 e. The minimum absolute atomic E-state index is 0.325. The van der Waals surface area contributed by atoms with Crippen molar-refractivity contribution in [2.24, 2.45) is 12.8 Å². The highest BCUT2D eigenvalue weighted by Gasteiger charge is 2.13. The van der Waals surface area contributed by atoms with Gasteiger partial charge in [-0.2, -0.15) is 0 Å². The second-order valence-corrected chi connectivity index (χ2v) is 6.07. The Balaban J connectivity index is 2.06. The van der Waals surface area contributed by atoms with Crippen LogP contribution in [0.2, 0.25) is 5.02 Å². The van der Waals surface area contributed by atoms with Gasteiger partial charge in [0.25, 0.3) is 0 Å². The Bertz CT molecular complexity index is 885. The van der Waals surface area contributed by atoms with E-state index in [-0.39, 0.29) is 11.8 Å². The maximum absolute atomic E-state index is 11.5. The van der Waals surface area contributed by atoms with Crippen LogP contribution in [-0.4, -0.2) is 4.57 Å². The van der Waals surface area contributed by atoms with Gasteiger partial charge in [0.1, 0.15) is 0 Å². The number of oxazole rings is 1. The van der Waals surface area contributed by atoms with E-state index in [0.717, 1.165) is 21.1 Å². The quantitative estimate of drug-likeness (QED) is 0.753. The van der Waals surface area contributed by atoms with E-state index in [0.29, 0.717) is 10.6 Å². The molecule has 2 aromatic carbocycles. The van der Waals surface area contributed by atoms with Crippen molar-refractivity contribution in [1.29, 1.82) is 0 Å². The van der Waals surface area contributed by atoms with Gasteiger partial charge in [-0.15, -0.1) is 0 Å². The van der Waals surface area contributed by atoms with Crippen molar-refractivity contribution >= 4 is 38.6 Å². The lowest BCUT2D eigenvalue weighted by Gasteiger charge is -2.13. The van der Waals surface area contributed by atoms with Gasteiger partial charge in [-0.05, 0) is 51.3 Å². The van der Waals surface area contributed by atoms with Gasteiger partial charge in [-0.25, -0.2) is 4.79 Å². The Kier molecular flexibility index (Phi) is 3.65. The van der Waals surface area contributed by atoms with Crippen LogP contribution in [-0.2, 0) is 7.05 Å². The summed E-state index contributed by atoms with van der Waals surface area (Å²) in [6.45, 7) is 0. The summed E-state index contributed by atoms with van der Waals surface area (Å²) in [6.07, 6.45) is 0. The molecule has 1 heterocycles. The van der Waals surface area contributed by atoms with Gasteiger partial charge >= 0.3 is 5.76 Å². The van der Waals surface area contributed by atoms with Gasteiger partial charge in [-0.1, -0.05) is 23.7 Å². The number of aromatic nitrogens is 1. The number of benzene rings is 2. The number of rotatable bonds is 2. The second-order valence-electron chi connectivity index (χ2n) is 4.81. The van der Waals surface area contributed by atoms with E-state index in [1.54, 1.807) is 19.2 Å². The zero-order chi connectivity index (χ0) is 15.1. The highest BCUT2D eigenvalue weighted by Crippen LogP contribution is 2.29. The van der Waals surface area contributed by atoms with Crippen LogP contribution < -0.4 is 11.5 Å². The lowest BCUT2D eigenvalue weighted by molar-refractivity contribution is 0.527. The Morgan fingerprint density at radius 2 is 1.90 bits per heavy atom. The van der Waals surface area contributed by atoms with Crippen LogP contribution in [0.25, 0.3) is 11.1 Å². The summed E-state index contributed by atoms with van der Waals surface area (Å²) < 4.78 is 7.45. The lowest BCUT2D eigenvalue weighted by Crippen LogP contribution is -2.11. The normalized spacial score (nSPS) is 12.8. The van der Waals surface area contributed by atoms with Gasteiger partial charge in [0, 0.05) is 11.5 Å². The molecule has 0 saturated heterocycles. The molecule has 1 aromatic heterocycles. The van der Waals surface area contributed by atoms with Crippen molar-refractivity contribution < 1.29 is 4.42 Å². The number of fused-ring (bicyclic) bond motifs is 1. The fourth-order valence-corrected chi connectivity index (χ4v) is 2.76. The van der Waals surface area contributed by atoms with Crippen LogP contribution in [0.1, 0.15) is 17.2 Å². The predicted molar refractivity (Wildman–Crippen MR) is 86.6 cm³/mol. The molecular weight excluding hydrogens is 356 g/mol. The summed E-state index contributed by atoms with van der Waals surface area (Å²) in [5.41, 5.74) is 9.34. The van der Waals surface area contributed by atoms with E-state index in [4.69, 9.17) is 21.8 Å². The molecule has 0 fully saturated rings. The molecule has 0 radical (unpaired) electrons. The van der Waals surface area contributed by atoms with Crippen LogP contribution in [0.4, 0.5) is 0 Å². The average Bonchev–Trinajstić information content (AvgIpc) is 2.76. The first kappa shape index (κ1) is 14.4. The summed E-state index contributed by atoms with van der Waals surface area (Å²) in [7, 11) is 1.67. The predicted octanol–water partition coefficient (Wildman–Crippen LogP) is 3.60. The molecule has 3 rings (SSSR count). The Morgan fingerprint density at radius 1 is 1.24 bits per heavy atom. The average molecular weight is 368 g/mol. The summed E-state index contributed by atoms with van der Waals surface area (Å²) in [5.74, 6) is -0.384. The maximum Gasteiger partial charge on any atom is 0.419 e. The molecule has 21 heavy (non-hydrogen) atoms. The Hall–Kier alpha value is -1.56. The molecule has 0 aliphatic rings. The van der Waals surface area contributed by atoms with E-state index >= 15 is 0 Å². The van der Waals surface area contributed by atoms with Gasteiger partial charge in [0.2, 0.25) is 0 Å². The minimum Gasteiger partial charge on any atom is -0.408 e. The maximum atomic E-state index is 11.5. The third-order valence-corrected chi connectivity index (χ3v) is 4.69. The highest BCUT2D eigenvalue weighted by atomic mass is 79.9. The molecule has 0 bridgehead atoms. The Labute approximate surface area is 134 Å².